The molecule has 1 spiro atoms. The summed E-state index contributed by atoms with van der Waals surface area (Å²) >= 11 is 0. The van der Waals surface area contributed by atoms with E-state index < -0.39 is 5.60 Å². The maximum absolute atomic E-state index is 11.8. The number of nitrogens with zero attached hydrogens (tertiary/aromatic N) is 2. The van der Waals surface area contributed by atoms with Crippen molar-refractivity contribution in [2.24, 2.45) is 5.41 Å². The van der Waals surface area contributed by atoms with E-state index in [1.165, 1.54) is 0 Å². The molecule has 0 aromatic heterocycles. The van der Waals surface area contributed by atoms with Gasteiger partial charge in [-0.05, 0) is 52.2 Å². The van der Waals surface area contributed by atoms with Crippen LogP contribution in [0.25, 0.3) is 0 Å². The number of nitrogens with one attached hydrogen (secondary N) is 1. The molecule has 0 atom stereocenters. The molecule has 0 unspecified atom stereocenters. The number of ether oxygens (including phenoxy) is 1. The summed E-state index contributed by atoms with van der Waals surface area (Å²) in [7, 11) is 0. The molecule has 2 fully saturated rings. The van der Waals surface area contributed by atoms with Crippen LogP contribution in [0.4, 0.5) is 16.2 Å². The Morgan fingerprint density at radius 2 is 2.00 bits per heavy atom. The Morgan fingerprint density at radius 1 is 1.36 bits per heavy atom. The van der Waals surface area contributed by atoms with Gasteiger partial charge in [0.05, 0.1) is 4.92 Å². The molecule has 7 heteroatoms. The van der Waals surface area contributed by atoms with Crippen molar-refractivity contribution in [1.29, 1.82) is 0 Å². The summed E-state index contributed by atoms with van der Waals surface area (Å²) in [5, 5.41) is 13.8. The van der Waals surface area contributed by atoms with Gasteiger partial charge in [0.25, 0.3) is 5.69 Å². The number of non-ortho nitro benzene ring substituents is 1. The molecule has 1 aromatic rings. The van der Waals surface area contributed by atoms with E-state index in [4.69, 9.17) is 4.74 Å². The number of nitro groups is 1. The number of hydrogen-bond donors (Lipinski definition) is 1. The highest BCUT2D eigenvalue weighted by atomic mass is 16.6. The molecule has 1 amide bonds. The average Bonchev–Trinajstić information content (AvgIpc) is 2.38. The third-order valence-corrected chi connectivity index (χ3v) is 4.86. The Balaban J connectivity index is 1.49. The number of nitro benzene ring substituents is 1. The molecular formula is C18H25N3O4. The summed E-state index contributed by atoms with van der Waals surface area (Å²) in [6.45, 7) is 9.32. The molecule has 2 aliphatic rings. The topological polar surface area (TPSA) is 84.7 Å². The maximum atomic E-state index is 11.8. The van der Waals surface area contributed by atoms with E-state index in [-0.39, 0.29) is 28.2 Å². The molecule has 1 aromatic carbocycles. The van der Waals surface area contributed by atoms with Crippen LogP contribution in [0.15, 0.2) is 18.2 Å². The zero-order chi connectivity index (χ0) is 18.4. The fraction of sp³-hybridized carbons (Fsp3) is 0.611. The SMILES string of the molecule is Cc1cc([N+](=O)[O-])ccc1N1CC2(CC(NC(=O)OC(C)(C)C)C2)C1. The van der Waals surface area contributed by atoms with Gasteiger partial charge in [0.15, 0.2) is 0 Å². The molecule has 1 heterocycles. The molecule has 136 valence electrons. The highest BCUT2D eigenvalue weighted by Gasteiger charge is 2.53. The van der Waals surface area contributed by atoms with Crippen molar-refractivity contribution in [3.63, 3.8) is 0 Å². The quantitative estimate of drug-likeness (QED) is 0.669. The van der Waals surface area contributed by atoms with Crippen LogP contribution in [-0.2, 0) is 4.74 Å². The smallest absolute Gasteiger partial charge is 0.407 e. The molecule has 1 saturated carbocycles. The Labute approximate surface area is 147 Å². The predicted octanol–water partition coefficient (Wildman–Crippen LogP) is 3.40. The molecular weight excluding hydrogens is 322 g/mol. The van der Waals surface area contributed by atoms with Crippen molar-refractivity contribution in [1.82, 2.24) is 5.32 Å². The Morgan fingerprint density at radius 3 is 2.52 bits per heavy atom. The molecule has 3 rings (SSSR count). The first-order chi connectivity index (χ1) is 11.6. The van der Waals surface area contributed by atoms with Crippen LogP contribution >= 0.6 is 0 Å². The van der Waals surface area contributed by atoms with Gasteiger partial charge in [0, 0.05) is 42.4 Å². The summed E-state index contributed by atoms with van der Waals surface area (Å²) in [4.78, 5) is 24.5. The van der Waals surface area contributed by atoms with Crippen LogP contribution in [-0.4, -0.2) is 35.7 Å². The normalized spacial score (nSPS) is 19.1. The lowest BCUT2D eigenvalue weighted by molar-refractivity contribution is -0.384. The minimum Gasteiger partial charge on any atom is -0.444 e. The molecule has 7 nitrogen and oxygen atoms in total. The fourth-order valence-electron chi connectivity index (χ4n) is 3.86. The number of carbonyl (C=O) groups is 1. The van der Waals surface area contributed by atoms with Crippen molar-refractivity contribution >= 4 is 17.5 Å². The summed E-state index contributed by atoms with van der Waals surface area (Å²) in [5.74, 6) is 0. The molecule has 1 aliphatic carbocycles. The second-order valence-electron chi connectivity index (χ2n) is 8.34. The summed E-state index contributed by atoms with van der Waals surface area (Å²) in [6, 6.07) is 5.18. The summed E-state index contributed by atoms with van der Waals surface area (Å²) in [6.07, 6.45) is 1.55. The van der Waals surface area contributed by atoms with Gasteiger partial charge in [-0.15, -0.1) is 0 Å². The highest BCUT2D eigenvalue weighted by molar-refractivity contribution is 5.68. The van der Waals surface area contributed by atoms with Gasteiger partial charge < -0.3 is 15.0 Å². The van der Waals surface area contributed by atoms with Gasteiger partial charge in [-0.25, -0.2) is 4.79 Å². The van der Waals surface area contributed by atoms with Crippen molar-refractivity contribution in [2.75, 3.05) is 18.0 Å². The van der Waals surface area contributed by atoms with E-state index in [1.54, 1.807) is 12.1 Å². The van der Waals surface area contributed by atoms with E-state index in [9.17, 15) is 14.9 Å². The first-order valence-corrected chi connectivity index (χ1v) is 8.56. The number of anilines is 1. The number of carbonyl (C=O) groups excluding carboxylic acids is 1. The van der Waals surface area contributed by atoms with Crippen molar-refractivity contribution in [3.05, 3.63) is 33.9 Å². The molecule has 0 radical (unpaired) electrons. The second-order valence-corrected chi connectivity index (χ2v) is 8.34. The third-order valence-electron chi connectivity index (χ3n) is 4.86. The lowest BCUT2D eigenvalue weighted by Crippen LogP contribution is -2.67. The predicted molar refractivity (Wildman–Crippen MR) is 94.9 cm³/mol. The van der Waals surface area contributed by atoms with Gasteiger partial charge >= 0.3 is 6.09 Å². The lowest BCUT2D eigenvalue weighted by atomic mass is 9.60. The highest BCUT2D eigenvalue weighted by Crippen LogP contribution is 2.50. The van der Waals surface area contributed by atoms with Crippen LogP contribution in [0.2, 0.25) is 0 Å². The van der Waals surface area contributed by atoms with Crippen molar-refractivity contribution in [3.8, 4) is 0 Å². The third kappa shape index (κ3) is 3.70. The second kappa shape index (κ2) is 5.89. The lowest BCUT2D eigenvalue weighted by Gasteiger charge is -2.60. The number of alkyl carbamates (subject to hydrolysis) is 1. The minimum absolute atomic E-state index is 0.127. The van der Waals surface area contributed by atoms with E-state index in [0.29, 0.717) is 0 Å². The van der Waals surface area contributed by atoms with E-state index in [1.807, 2.05) is 33.8 Å². The zero-order valence-corrected chi connectivity index (χ0v) is 15.2. The van der Waals surface area contributed by atoms with Crippen LogP contribution in [0.5, 0.6) is 0 Å². The maximum Gasteiger partial charge on any atom is 0.407 e. The number of aryl methyl sites for hydroxylation is 1. The number of amides is 1. The first kappa shape index (κ1) is 17.5. The van der Waals surface area contributed by atoms with Crippen LogP contribution in [0.1, 0.15) is 39.2 Å². The molecule has 0 bridgehead atoms. The largest absolute Gasteiger partial charge is 0.444 e. The number of rotatable bonds is 3. The van der Waals surface area contributed by atoms with Gasteiger partial charge in [0.2, 0.25) is 0 Å². The van der Waals surface area contributed by atoms with Crippen LogP contribution in [0.3, 0.4) is 0 Å². The van der Waals surface area contributed by atoms with E-state index in [0.717, 1.165) is 37.2 Å². The zero-order valence-electron chi connectivity index (χ0n) is 15.2. The summed E-state index contributed by atoms with van der Waals surface area (Å²) < 4.78 is 5.29. The average molecular weight is 347 g/mol. The standard InChI is InChI=1S/C18H25N3O4/c1-12-7-14(21(23)24)5-6-15(12)20-10-18(11-20)8-13(9-18)19-16(22)25-17(2,3)4/h5-7,13H,8-11H2,1-4H3,(H,19,22). The monoisotopic (exact) mass is 347 g/mol. The van der Waals surface area contributed by atoms with E-state index >= 15 is 0 Å². The molecule has 1 N–H and O–H groups in total. The van der Waals surface area contributed by atoms with Gasteiger partial charge in [-0.2, -0.15) is 0 Å². The molecule has 1 saturated heterocycles. The Hall–Kier alpha value is -2.31. The summed E-state index contributed by atoms with van der Waals surface area (Å²) in [5.41, 5.74) is 1.88. The Bertz CT molecular complexity index is 697. The molecule has 25 heavy (non-hydrogen) atoms. The fourth-order valence-corrected chi connectivity index (χ4v) is 3.86. The molecule has 1 aliphatic heterocycles. The van der Waals surface area contributed by atoms with Gasteiger partial charge in [0.1, 0.15) is 5.60 Å². The van der Waals surface area contributed by atoms with Gasteiger partial charge in [-0.1, -0.05) is 0 Å². The van der Waals surface area contributed by atoms with Crippen LogP contribution < -0.4 is 10.2 Å². The Kier molecular flexibility index (Phi) is 4.13. The number of benzene rings is 1. The number of hydrogen-bond acceptors (Lipinski definition) is 5. The van der Waals surface area contributed by atoms with Crippen LogP contribution in [0, 0.1) is 22.5 Å². The van der Waals surface area contributed by atoms with Gasteiger partial charge in [-0.3, -0.25) is 10.1 Å². The van der Waals surface area contributed by atoms with Crippen molar-refractivity contribution < 1.29 is 14.5 Å². The van der Waals surface area contributed by atoms with Crippen molar-refractivity contribution in [2.45, 2.75) is 52.2 Å². The first-order valence-electron chi connectivity index (χ1n) is 8.56. The minimum atomic E-state index is -0.480. The van der Waals surface area contributed by atoms with E-state index in [2.05, 4.69) is 10.2 Å².